The first-order chi connectivity index (χ1) is 12.8. The molecule has 0 unspecified atom stereocenters. The fraction of sp³-hybridized carbons (Fsp3) is 0.435. The minimum atomic E-state index is -0.0108. The van der Waals surface area contributed by atoms with Gasteiger partial charge in [0, 0.05) is 12.1 Å². The molecule has 0 fully saturated rings. The molecule has 1 aliphatic rings. The van der Waals surface area contributed by atoms with Crippen molar-refractivity contribution in [1.82, 2.24) is 4.90 Å². The van der Waals surface area contributed by atoms with Crippen LogP contribution in [0.25, 0.3) is 0 Å². The predicted octanol–water partition coefficient (Wildman–Crippen LogP) is 4.76. The maximum Gasteiger partial charge on any atom is 0.254 e. The predicted molar refractivity (Wildman–Crippen MR) is 108 cm³/mol. The molecule has 144 valence electrons. The van der Waals surface area contributed by atoms with Gasteiger partial charge >= 0.3 is 0 Å². The van der Waals surface area contributed by atoms with Crippen molar-refractivity contribution in [2.75, 3.05) is 20.8 Å². The van der Waals surface area contributed by atoms with E-state index >= 15 is 0 Å². The van der Waals surface area contributed by atoms with Gasteiger partial charge in [0.2, 0.25) is 0 Å². The van der Waals surface area contributed by atoms with Gasteiger partial charge in [0.05, 0.1) is 20.3 Å². The number of carbonyl (C=O) groups is 1. The smallest absolute Gasteiger partial charge is 0.254 e. The molecule has 0 aromatic heterocycles. The lowest BCUT2D eigenvalue weighted by molar-refractivity contribution is 0.0677. The molecule has 4 nitrogen and oxygen atoms in total. The van der Waals surface area contributed by atoms with Crippen LogP contribution in [0.15, 0.2) is 36.4 Å². The molecule has 0 bridgehead atoms. The van der Waals surface area contributed by atoms with Gasteiger partial charge in [0.25, 0.3) is 5.91 Å². The first-order valence-electron chi connectivity index (χ1n) is 9.42. The van der Waals surface area contributed by atoms with Crippen molar-refractivity contribution < 1.29 is 14.3 Å². The van der Waals surface area contributed by atoms with Crippen molar-refractivity contribution >= 4 is 5.91 Å². The van der Waals surface area contributed by atoms with Gasteiger partial charge in [-0.3, -0.25) is 4.79 Å². The van der Waals surface area contributed by atoms with Gasteiger partial charge in [-0.25, -0.2) is 0 Å². The topological polar surface area (TPSA) is 38.8 Å². The lowest BCUT2D eigenvalue weighted by Gasteiger charge is -2.36. The maximum absolute atomic E-state index is 13.1. The molecule has 0 saturated carbocycles. The summed E-state index contributed by atoms with van der Waals surface area (Å²) in [6.45, 7) is 9.30. The maximum atomic E-state index is 13.1. The van der Waals surface area contributed by atoms with E-state index < -0.39 is 0 Å². The van der Waals surface area contributed by atoms with Crippen LogP contribution in [0.1, 0.15) is 60.8 Å². The summed E-state index contributed by atoms with van der Waals surface area (Å²) >= 11 is 0. The molecule has 0 aliphatic carbocycles. The molecule has 2 aromatic rings. The molecule has 1 atom stereocenters. The second-order valence-electron chi connectivity index (χ2n) is 8.16. The molecule has 1 heterocycles. The molecule has 2 aromatic carbocycles. The Hall–Kier alpha value is -2.49. The summed E-state index contributed by atoms with van der Waals surface area (Å²) in [5.41, 5.74) is 4.38. The first-order valence-corrected chi connectivity index (χ1v) is 9.42. The normalized spacial score (nSPS) is 16.7. The largest absolute Gasteiger partial charge is 0.493 e. The third kappa shape index (κ3) is 3.66. The highest BCUT2D eigenvalue weighted by Gasteiger charge is 2.30. The molecule has 0 saturated heterocycles. The number of amides is 1. The Kier molecular flexibility index (Phi) is 5.18. The number of rotatable bonds is 3. The average molecular weight is 367 g/mol. The van der Waals surface area contributed by atoms with Crippen LogP contribution in [0.4, 0.5) is 0 Å². The Balaban J connectivity index is 1.88. The van der Waals surface area contributed by atoms with Gasteiger partial charge < -0.3 is 14.4 Å². The summed E-state index contributed by atoms with van der Waals surface area (Å²) < 4.78 is 10.9. The fourth-order valence-electron chi connectivity index (χ4n) is 3.70. The Morgan fingerprint density at radius 2 is 1.63 bits per heavy atom. The van der Waals surface area contributed by atoms with Crippen molar-refractivity contribution in [1.29, 1.82) is 0 Å². The van der Waals surface area contributed by atoms with Crippen LogP contribution < -0.4 is 9.47 Å². The van der Waals surface area contributed by atoms with Gasteiger partial charge in [0.15, 0.2) is 11.5 Å². The number of carbonyl (C=O) groups excluding carboxylic acids is 1. The van der Waals surface area contributed by atoms with Crippen LogP contribution in [0.2, 0.25) is 0 Å². The number of nitrogens with zero attached hydrogens (tertiary/aromatic N) is 1. The summed E-state index contributed by atoms with van der Waals surface area (Å²) in [4.78, 5) is 15.1. The van der Waals surface area contributed by atoms with Crippen LogP contribution in [-0.2, 0) is 11.8 Å². The standard InChI is InChI=1S/C23H29NO3/c1-15-19-14-21(27-6)20(26-5)13-17(19)11-12-24(15)22(25)16-7-9-18(10-8-16)23(2,3)4/h7-10,13-15H,11-12H2,1-6H3/t15-/m0/s1. The number of methoxy groups -OCH3 is 2. The number of fused-ring (bicyclic) bond motifs is 1. The second-order valence-corrected chi connectivity index (χ2v) is 8.16. The second kappa shape index (κ2) is 7.26. The fourth-order valence-corrected chi connectivity index (χ4v) is 3.70. The highest BCUT2D eigenvalue weighted by molar-refractivity contribution is 5.94. The van der Waals surface area contributed by atoms with Gasteiger partial charge in [-0.1, -0.05) is 32.9 Å². The summed E-state index contributed by atoms with van der Waals surface area (Å²) in [5, 5.41) is 0. The van der Waals surface area contributed by atoms with Crippen molar-refractivity contribution in [3.8, 4) is 11.5 Å². The zero-order valence-corrected chi connectivity index (χ0v) is 17.1. The molecule has 3 rings (SSSR count). The van der Waals surface area contributed by atoms with E-state index in [1.807, 2.05) is 29.2 Å². The third-order valence-electron chi connectivity index (χ3n) is 5.44. The third-order valence-corrected chi connectivity index (χ3v) is 5.44. The number of benzene rings is 2. The van der Waals surface area contributed by atoms with Crippen LogP contribution in [0.3, 0.4) is 0 Å². The van der Waals surface area contributed by atoms with Crippen LogP contribution in [-0.4, -0.2) is 31.6 Å². The Morgan fingerprint density at radius 1 is 1.04 bits per heavy atom. The Morgan fingerprint density at radius 3 is 2.19 bits per heavy atom. The highest BCUT2D eigenvalue weighted by Crippen LogP contribution is 2.38. The van der Waals surface area contributed by atoms with E-state index in [4.69, 9.17) is 9.47 Å². The van der Waals surface area contributed by atoms with Gasteiger partial charge in [-0.05, 0) is 59.7 Å². The molecule has 27 heavy (non-hydrogen) atoms. The van der Waals surface area contributed by atoms with Crippen LogP contribution in [0.5, 0.6) is 11.5 Å². The van der Waals surface area contributed by atoms with Crippen molar-refractivity contribution in [2.24, 2.45) is 0 Å². The molecule has 0 radical (unpaired) electrons. The quantitative estimate of drug-likeness (QED) is 0.785. The van der Waals surface area contributed by atoms with Crippen molar-refractivity contribution in [3.63, 3.8) is 0 Å². The lowest BCUT2D eigenvalue weighted by Crippen LogP contribution is -2.38. The SMILES string of the molecule is COc1cc2c(cc1OC)[C@H](C)N(C(=O)c1ccc(C(C)(C)C)cc1)CC2. The first kappa shape index (κ1) is 19.3. The average Bonchev–Trinajstić information content (AvgIpc) is 2.66. The number of hydrogen-bond acceptors (Lipinski definition) is 3. The van der Waals surface area contributed by atoms with E-state index in [-0.39, 0.29) is 17.4 Å². The molecule has 0 N–H and O–H groups in total. The molecule has 1 aliphatic heterocycles. The molecule has 0 spiro atoms. The van der Waals surface area contributed by atoms with Gasteiger partial charge in [-0.2, -0.15) is 0 Å². The number of ether oxygens (including phenoxy) is 2. The Labute approximate surface area is 162 Å². The van der Waals surface area contributed by atoms with Crippen molar-refractivity contribution in [3.05, 3.63) is 58.7 Å². The van der Waals surface area contributed by atoms with E-state index in [1.54, 1.807) is 14.2 Å². The monoisotopic (exact) mass is 367 g/mol. The van der Waals surface area contributed by atoms with E-state index in [2.05, 4.69) is 39.8 Å². The summed E-state index contributed by atoms with van der Waals surface area (Å²) in [6, 6.07) is 12.0. The molecule has 4 heteroatoms. The summed E-state index contributed by atoms with van der Waals surface area (Å²) in [5.74, 6) is 1.51. The number of hydrogen-bond donors (Lipinski definition) is 0. The molecule has 1 amide bonds. The van der Waals surface area contributed by atoms with Gasteiger partial charge in [0.1, 0.15) is 0 Å². The Bertz CT molecular complexity index is 834. The molecular weight excluding hydrogens is 338 g/mol. The van der Waals surface area contributed by atoms with Crippen LogP contribution in [0, 0.1) is 0 Å². The zero-order chi connectivity index (χ0) is 19.8. The van der Waals surface area contributed by atoms with E-state index in [0.29, 0.717) is 12.3 Å². The summed E-state index contributed by atoms with van der Waals surface area (Å²) in [6.07, 6.45) is 0.811. The zero-order valence-electron chi connectivity index (χ0n) is 17.1. The van der Waals surface area contributed by atoms with E-state index in [0.717, 1.165) is 23.3 Å². The highest BCUT2D eigenvalue weighted by atomic mass is 16.5. The lowest BCUT2D eigenvalue weighted by atomic mass is 9.86. The van der Waals surface area contributed by atoms with Crippen molar-refractivity contribution in [2.45, 2.75) is 45.6 Å². The van der Waals surface area contributed by atoms with E-state index in [1.165, 1.54) is 11.1 Å². The van der Waals surface area contributed by atoms with Crippen LogP contribution >= 0.6 is 0 Å². The summed E-state index contributed by atoms with van der Waals surface area (Å²) in [7, 11) is 3.28. The van der Waals surface area contributed by atoms with E-state index in [9.17, 15) is 4.79 Å². The van der Waals surface area contributed by atoms with Gasteiger partial charge in [-0.15, -0.1) is 0 Å². The molecular formula is C23H29NO3. The minimum Gasteiger partial charge on any atom is -0.493 e. The minimum absolute atomic E-state index is 0.0108.